The third-order valence-electron chi connectivity index (χ3n) is 2.55. The van der Waals surface area contributed by atoms with E-state index in [1.165, 1.54) is 0 Å². The Morgan fingerprint density at radius 1 is 1.31 bits per heavy atom. The standard InChI is InChI=1S/C10H14N6/c1-6-7(2)13-9(14-8(6)15-11)10-12-4-5-16(10)3/h4-5H,11H2,1-3H3,(H,13,14,15). The summed E-state index contributed by atoms with van der Waals surface area (Å²) in [6.07, 6.45) is 3.56. The first-order chi connectivity index (χ1) is 7.63. The largest absolute Gasteiger partial charge is 0.331 e. The van der Waals surface area contributed by atoms with Crippen LogP contribution in [0.5, 0.6) is 0 Å². The van der Waals surface area contributed by atoms with Gasteiger partial charge in [-0.1, -0.05) is 0 Å². The molecule has 0 aliphatic carbocycles. The highest BCUT2D eigenvalue weighted by atomic mass is 15.3. The Labute approximate surface area is 93.5 Å². The first-order valence-corrected chi connectivity index (χ1v) is 4.93. The molecular formula is C10H14N6. The molecule has 16 heavy (non-hydrogen) atoms. The number of nitrogens with one attached hydrogen (secondary N) is 1. The van der Waals surface area contributed by atoms with Crippen molar-refractivity contribution in [2.24, 2.45) is 12.9 Å². The Balaban J connectivity index is 2.59. The smallest absolute Gasteiger partial charge is 0.198 e. The van der Waals surface area contributed by atoms with Crippen LogP contribution in [0.15, 0.2) is 12.4 Å². The van der Waals surface area contributed by atoms with Gasteiger partial charge in [-0.2, -0.15) is 0 Å². The topological polar surface area (TPSA) is 81.7 Å². The van der Waals surface area contributed by atoms with Crippen molar-refractivity contribution in [3.8, 4) is 11.6 Å². The number of hydrazine groups is 1. The second-order valence-corrected chi connectivity index (χ2v) is 3.61. The van der Waals surface area contributed by atoms with E-state index in [2.05, 4.69) is 20.4 Å². The van der Waals surface area contributed by atoms with Gasteiger partial charge < -0.3 is 9.99 Å². The third-order valence-corrected chi connectivity index (χ3v) is 2.55. The predicted octanol–water partition coefficient (Wildman–Crippen LogP) is 0.780. The van der Waals surface area contributed by atoms with Gasteiger partial charge in [0.25, 0.3) is 0 Å². The fourth-order valence-electron chi connectivity index (χ4n) is 1.45. The maximum absolute atomic E-state index is 5.41. The minimum Gasteiger partial charge on any atom is -0.331 e. The molecule has 0 aliphatic heterocycles. The van der Waals surface area contributed by atoms with Crippen LogP contribution in [-0.4, -0.2) is 19.5 Å². The van der Waals surface area contributed by atoms with Crippen LogP contribution in [0.1, 0.15) is 11.3 Å². The van der Waals surface area contributed by atoms with E-state index >= 15 is 0 Å². The Hall–Kier alpha value is -1.95. The molecule has 0 bridgehead atoms. The fraction of sp³-hybridized carbons (Fsp3) is 0.300. The molecule has 0 atom stereocenters. The van der Waals surface area contributed by atoms with E-state index in [1.54, 1.807) is 6.20 Å². The van der Waals surface area contributed by atoms with Gasteiger partial charge >= 0.3 is 0 Å². The van der Waals surface area contributed by atoms with E-state index in [0.717, 1.165) is 17.1 Å². The Kier molecular flexibility index (Phi) is 2.57. The Bertz CT molecular complexity index is 516. The molecule has 3 N–H and O–H groups in total. The molecule has 0 fully saturated rings. The van der Waals surface area contributed by atoms with Gasteiger partial charge in [0.2, 0.25) is 0 Å². The van der Waals surface area contributed by atoms with Gasteiger partial charge in [0.05, 0.1) is 0 Å². The molecule has 0 radical (unpaired) electrons. The predicted molar refractivity (Wildman–Crippen MR) is 61.5 cm³/mol. The van der Waals surface area contributed by atoms with Crippen molar-refractivity contribution >= 4 is 5.82 Å². The zero-order valence-corrected chi connectivity index (χ0v) is 9.52. The van der Waals surface area contributed by atoms with Crippen LogP contribution in [0.2, 0.25) is 0 Å². The van der Waals surface area contributed by atoms with E-state index in [0.29, 0.717) is 11.6 Å². The number of anilines is 1. The van der Waals surface area contributed by atoms with Crippen LogP contribution in [0, 0.1) is 13.8 Å². The lowest BCUT2D eigenvalue weighted by molar-refractivity contribution is 0.900. The van der Waals surface area contributed by atoms with Gasteiger partial charge in [-0.3, -0.25) is 0 Å². The zero-order valence-electron chi connectivity index (χ0n) is 9.52. The number of aryl methyl sites for hydroxylation is 2. The number of imidazole rings is 1. The van der Waals surface area contributed by atoms with Crippen LogP contribution in [0.3, 0.4) is 0 Å². The average molecular weight is 218 g/mol. The third kappa shape index (κ3) is 1.63. The highest BCUT2D eigenvalue weighted by molar-refractivity contribution is 5.53. The average Bonchev–Trinajstić information content (AvgIpc) is 2.68. The summed E-state index contributed by atoms with van der Waals surface area (Å²) in [6, 6.07) is 0. The van der Waals surface area contributed by atoms with Gasteiger partial charge in [0.15, 0.2) is 11.6 Å². The molecule has 2 heterocycles. The Morgan fingerprint density at radius 2 is 2.06 bits per heavy atom. The number of rotatable bonds is 2. The molecule has 0 spiro atoms. The number of aromatic nitrogens is 4. The normalized spacial score (nSPS) is 10.5. The fourth-order valence-corrected chi connectivity index (χ4v) is 1.45. The van der Waals surface area contributed by atoms with Crippen LogP contribution in [-0.2, 0) is 7.05 Å². The summed E-state index contributed by atoms with van der Waals surface area (Å²) in [6.45, 7) is 3.84. The zero-order chi connectivity index (χ0) is 11.7. The number of nitrogen functional groups attached to an aromatic ring is 1. The van der Waals surface area contributed by atoms with Crippen molar-refractivity contribution in [2.75, 3.05) is 5.43 Å². The van der Waals surface area contributed by atoms with Gasteiger partial charge in [0.1, 0.15) is 5.82 Å². The molecule has 0 saturated carbocycles. The van der Waals surface area contributed by atoms with Gasteiger partial charge in [-0.25, -0.2) is 20.8 Å². The van der Waals surface area contributed by atoms with Gasteiger partial charge in [-0.05, 0) is 13.8 Å². The van der Waals surface area contributed by atoms with E-state index in [9.17, 15) is 0 Å². The lowest BCUT2D eigenvalue weighted by atomic mass is 10.2. The minimum absolute atomic E-state index is 0.573. The monoisotopic (exact) mass is 218 g/mol. The van der Waals surface area contributed by atoms with Crippen LogP contribution in [0.4, 0.5) is 5.82 Å². The molecule has 6 nitrogen and oxygen atoms in total. The van der Waals surface area contributed by atoms with Crippen molar-refractivity contribution in [1.82, 2.24) is 19.5 Å². The lowest BCUT2D eigenvalue weighted by Crippen LogP contribution is -2.13. The Morgan fingerprint density at radius 3 is 2.62 bits per heavy atom. The molecule has 0 amide bonds. The van der Waals surface area contributed by atoms with Crippen molar-refractivity contribution in [3.05, 3.63) is 23.7 Å². The second kappa shape index (κ2) is 3.90. The minimum atomic E-state index is 0.573. The van der Waals surface area contributed by atoms with Gasteiger partial charge in [0, 0.05) is 30.7 Å². The molecule has 0 saturated heterocycles. The van der Waals surface area contributed by atoms with Crippen molar-refractivity contribution in [2.45, 2.75) is 13.8 Å². The van der Waals surface area contributed by atoms with Crippen molar-refractivity contribution in [1.29, 1.82) is 0 Å². The molecule has 0 aromatic carbocycles. The van der Waals surface area contributed by atoms with E-state index in [4.69, 9.17) is 5.84 Å². The highest BCUT2D eigenvalue weighted by Gasteiger charge is 2.11. The molecule has 6 heteroatoms. The number of hydrogen-bond donors (Lipinski definition) is 2. The molecule has 2 rings (SSSR count). The maximum Gasteiger partial charge on any atom is 0.198 e. The quantitative estimate of drug-likeness (QED) is 0.575. The number of hydrogen-bond acceptors (Lipinski definition) is 5. The van der Waals surface area contributed by atoms with Crippen LogP contribution in [0.25, 0.3) is 11.6 Å². The summed E-state index contributed by atoms with van der Waals surface area (Å²) < 4.78 is 1.87. The summed E-state index contributed by atoms with van der Waals surface area (Å²) in [5, 5.41) is 0. The molecular weight excluding hydrogens is 204 g/mol. The molecule has 84 valence electrons. The van der Waals surface area contributed by atoms with Crippen LogP contribution < -0.4 is 11.3 Å². The van der Waals surface area contributed by atoms with E-state index in [1.807, 2.05) is 31.7 Å². The summed E-state index contributed by atoms with van der Waals surface area (Å²) in [5.74, 6) is 7.34. The highest BCUT2D eigenvalue weighted by Crippen LogP contribution is 2.19. The summed E-state index contributed by atoms with van der Waals surface area (Å²) in [5.41, 5.74) is 4.40. The van der Waals surface area contributed by atoms with E-state index < -0.39 is 0 Å². The molecule has 0 unspecified atom stereocenters. The summed E-state index contributed by atoms with van der Waals surface area (Å²) in [7, 11) is 1.90. The van der Waals surface area contributed by atoms with E-state index in [-0.39, 0.29) is 0 Å². The summed E-state index contributed by atoms with van der Waals surface area (Å²) >= 11 is 0. The first-order valence-electron chi connectivity index (χ1n) is 4.93. The van der Waals surface area contributed by atoms with Gasteiger partial charge in [-0.15, -0.1) is 0 Å². The number of nitrogens with two attached hydrogens (primary N) is 1. The first kappa shape index (κ1) is 10.6. The lowest BCUT2D eigenvalue weighted by Gasteiger charge is -2.09. The molecule has 2 aromatic rings. The van der Waals surface area contributed by atoms with Crippen molar-refractivity contribution < 1.29 is 0 Å². The van der Waals surface area contributed by atoms with Crippen molar-refractivity contribution in [3.63, 3.8) is 0 Å². The SMILES string of the molecule is Cc1nc(-c2nccn2C)nc(NN)c1C. The maximum atomic E-state index is 5.41. The summed E-state index contributed by atoms with van der Waals surface area (Å²) in [4.78, 5) is 12.9. The van der Waals surface area contributed by atoms with Crippen LogP contribution >= 0.6 is 0 Å². The molecule has 2 aromatic heterocycles. The number of nitrogens with zero attached hydrogens (tertiary/aromatic N) is 4. The second-order valence-electron chi connectivity index (χ2n) is 3.61. The molecule has 0 aliphatic rings.